The van der Waals surface area contributed by atoms with Crippen LogP contribution in [0.1, 0.15) is 31.9 Å². The van der Waals surface area contributed by atoms with Crippen molar-refractivity contribution in [3.8, 4) is 0 Å². The van der Waals surface area contributed by atoms with Crippen LogP contribution in [-0.2, 0) is 23.9 Å². The molecule has 6 heteroatoms. The van der Waals surface area contributed by atoms with Gasteiger partial charge in [-0.2, -0.15) is 0 Å². The number of carbonyl (C=O) groups is 3. The fourth-order valence-corrected chi connectivity index (χ4v) is 2.73. The lowest BCUT2D eigenvalue weighted by molar-refractivity contribution is -0.181. The molecule has 1 aromatic rings. The molecule has 2 rings (SSSR count). The summed E-state index contributed by atoms with van der Waals surface area (Å²) in [6, 6.07) is 7.11. The maximum Gasteiger partial charge on any atom is 0.319 e. The van der Waals surface area contributed by atoms with E-state index in [9.17, 15) is 14.4 Å². The first-order valence-corrected chi connectivity index (χ1v) is 7.64. The Balaban J connectivity index is 2.39. The van der Waals surface area contributed by atoms with Crippen LogP contribution in [0.4, 0.5) is 0 Å². The predicted octanol–water partition coefficient (Wildman–Crippen LogP) is 2.82. The molecule has 1 fully saturated rings. The van der Waals surface area contributed by atoms with Gasteiger partial charge in [-0.3, -0.25) is 14.4 Å². The largest absolute Gasteiger partial charge is 0.469 e. The Bertz CT molecular complexity index is 605. The number of ketones is 1. The fourth-order valence-electron chi connectivity index (χ4n) is 2.46. The molecule has 2 unspecified atom stereocenters. The van der Waals surface area contributed by atoms with Crippen LogP contribution >= 0.6 is 15.9 Å². The topological polar surface area (TPSA) is 69.7 Å². The Kier molecular flexibility index (Phi) is 4.70. The standard InChI is InChI=1S/C16H17BrO5/c1-16(2)14(19)11(8-12(18)21-3)13(22-15(16)20)9-4-6-10(17)7-5-9/h4-7,11,13H,8H2,1-3H3. The van der Waals surface area contributed by atoms with Gasteiger partial charge in [0, 0.05) is 4.47 Å². The van der Waals surface area contributed by atoms with Crippen LogP contribution in [0, 0.1) is 11.3 Å². The maximum atomic E-state index is 12.6. The average molecular weight is 369 g/mol. The second-order valence-corrected chi connectivity index (χ2v) is 6.67. The minimum Gasteiger partial charge on any atom is -0.469 e. The van der Waals surface area contributed by atoms with Gasteiger partial charge in [0.1, 0.15) is 11.5 Å². The first-order valence-electron chi connectivity index (χ1n) is 6.85. The molecule has 5 nitrogen and oxygen atoms in total. The van der Waals surface area contributed by atoms with Gasteiger partial charge in [0.25, 0.3) is 0 Å². The third kappa shape index (κ3) is 3.06. The van der Waals surface area contributed by atoms with Crippen molar-refractivity contribution in [1.82, 2.24) is 0 Å². The van der Waals surface area contributed by atoms with Crippen molar-refractivity contribution in [2.24, 2.45) is 11.3 Å². The molecule has 2 atom stereocenters. The Labute approximate surface area is 137 Å². The Morgan fingerprint density at radius 2 is 1.86 bits per heavy atom. The molecule has 1 aliphatic heterocycles. The summed E-state index contributed by atoms with van der Waals surface area (Å²) in [6.07, 6.45) is -0.896. The van der Waals surface area contributed by atoms with Gasteiger partial charge in [-0.25, -0.2) is 0 Å². The van der Waals surface area contributed by atoms with E-state index < -0.39 is 29.4 Å². The summed E-state index contributed by atoms with van der Waals surface area (Å²) in [5, 5.41) is 0. The minimum atomic E-state index is -1.26. The quantitative estimate of drug-likeness (QED) is 0.605. The van der Waals surface area contributed by atoms with Gasteiger partial charge in [-0.1, -0.05) is 28.1 Å². The maximum absolute atomic E-state index is 12.6. The molecule has 22 heavy (non-hydrogen) atoms. The molecule has 0 saturated carbocycles. The van der Waals surface area contributed by atoms with E-state index in [2.05, 4.69) is 20.7 Å². The van der Waals surface area contributed by atoms with E-state index in [-0.39, 0.29) is 12.2 Å². The van der Waals surface area contributed by atoms with Crippen LogP contribution in [-0.4, -0.2) is 24.8 Å². The Morgan fingerprint density at radius 3 is 2.41 bits per heavy atom. The van der Waals surface area contributed by atoms with E-state index >= 15 is 0 Å². The summed E-state index contributed by atoms with van der Waals surface area (Å²) in [6.45, 7) is 3.03. The zero-order valence-electron chi connectivity index (χ0n) is 12.6. The Hall–Kier alpha value is -1.69. The van der Waals surface area contributed by atoms with E-state index in [1.54, 1.807) is 24.3 Å². The van der Waals surface area contributed by atoms with E-state index in [0.717, 1.165) is 4.47 Å². The molecular weight excluding hydrogens is 352 g/mol. The molecule has 0 spiro atoms. The van der Waals surface area contributed by atoms with Crippen LogP contribution in [0.15, 0.2) is 28.7 Å². The number of benzene rings is 1. The van der Waals surface area contributed by atoms with Crippen LogP contribution in [0.2, 0.25) is 0 Å². The third-order valence-electron chi connectivity index (χ3n) is 3.88. The average Bonchev–Trinajstić information content (AvgIpc) is 2.49. The van der Waals surface area contributed by atoms with Gasteiger partial charge in [-0.15, -0.1) is 0 Å². The number of methoxy groups -OCH3 is 1. The molecular formula is C16H17BrO5. The lowest BCUT2D eigenvalue weighted by Crippen LogP contribution is -2.48. The van der Waals surface area contributed by atoms with E-state index in [1.807, 2.05) is 0 Å². The van der Waals surface area contributed by atoms with Gasteiger partial charge in [0.15, 0.2) is 5.78 Å². The number of Topliss-reactive ketones (excluding diaryl/α,β-unsaturated/α-hetero) is 1. The second-order valence-electron chi connectivity index (χ2n) is 5.75. The van der Waals surface area contributed by atoms with Crippen molar-refractivity contribution in [1.29, 1.82) is 0 Å². The summed E-state index contributed by atoms with van der Waals surface area (Å²) in [5.41, 5.74) is -0.584. The fraction of sp³-hybridized carbons (Fsp3) is 0.438. The van der Waals surface area contributed by atoms with Gasteiger partial charge < -0.3 is 9.47 Å². The highest BCUT2D eigenvalue weighted by molar-refractivity contribution is 9.10. The predicted molar refractivity (Wildman–Crippen MR) is 81.9 cm³/mol. The summed E-state index contributed by atoms with van der Waals surface area (Å²) in [7, 11) is 1.27. The molecule has 0 amide bonds. The normalized spacial score (nSPS) is 23.8. The summed E-state index contributed by atoms with van der Waals surface area (Å²) in [4.78, 5) is 36.4. The molecule has 0 N–H and O–H groups in total. The molecule has 0 bridgehead atoms. The SMILES string of the molecule is COC(=O)CC1C(=O)C(C)(C)C(=O)OC1c1ccc(Br)cc1. The number of cyclic esters (lactones) is 1. The monoisotopic (exact) mass is 368 g/mol. The van der Waals surface area contributed by atoms with Crippen LogP contribution in [0.5, 0.6) is 0 Å². The van der Waals surface area contributed by atoms with Crippen LogP contribution in [0.25, 0.3) is 0 Å². The van der Waals surface area contributed by atoms with E-state index in [0.29, 0.717) is 5.56 Å². The highest BCUT2D eigenvalue weighted by Gasteiger charge is 2.51. The number of esters is 2. The molecule has 118 valence electrons. The second kappa shape index (κ2) is 6.20. The van der Waals surface area contributed by atoms with Crippen molar-refractivity contribution < 1.29 is 23.9 Å². The van der Waals surface area contributed by atoms with Gasteiger partial charge >= 0.3 is 11.9 Å². The number of carbonyl (C=O) groups excluding carboxylic acids is 3. The van der Waals surface area contributed by atoms with Gasteiger partial charge in [0.05, 0.1) is 19.4 Å². The number of hydrogen-bond donors (Lipinski definition) is 0. The third-order valence-corrected chi connectivity index (χ3v) is 4.40. The molecule has 0 aromatic heterocycles. The van der Waals surface area contributed by atoms with Crippen LogP contribution in [0.3, 0.4) is 0 Å². The molecule has 0 radical (unpaired) electrons. The van der Waals surface area contributed by atoms with E-state index in [1.165, 1.54) is 21.0 Å². The highest BCUT2D eigenvalue weighted by atomic mass is 79.9. The van der Waals surface area contributed by atoms with Crippen molar-refractivity contribution in [3.63, 3.8) is 0 Å². The smallest absolute Gasteiger partial charge is 0.319 e. The number of ether oxygens (including phenoxy) is 2. The zero-order chi connectivity index (χ0) is 16.5. The number of hydrogen-bond acceptors (Lipinski definition) is 5. The molecule has 1 saturated heterocycles. The lowest BCUT2D eigenvalue weighted by atomic mass is 9.74. The lowest BCUT2D eigenvalue weighted by Gasteiger charge is -2.37. The highest BCUT2D eigenvalue weighted by Crippen LogP contribution is 2.41. The van der Waals surface area contributed by atoms with Crippen LogP contribution < -0.4 is 0 Å². The molecule has 1 aromatic carbocycles. The first-order chi connectivity index (χ1) is 10.3. The van der Waals surface area contributed by atoms with Crippen molar-refractivity contribution in [2.45, 2.75) is 26.4 Å². The van der Waals surface area contributed by atoms with Crippen molar-refractivity contribution in [2.75, 3.05) is 7.11 Å². The first kappa shape index (κ1) is 16.7. The summed E-state index contributed by atoms with van der Waals surface area (Å²) >= 11 is 3.33. The van der Waals surface area contributed by atoms with Crippen molar-refractivity contribution >= 4 is 33.7 Å². The zero-order valence-corrected chi connectivity index (χ0v) is 14.2. The minimum absolute atomic E-state index is 0.118. The molecule has 0 aliphatic carbocycles. The van der Waals surface area contributed by atoms with E-state index in [4.69, 9.17) is 4.74 Å². The van der Waals surface area contributed by atoms with Crippen molar-refractivity contribution in [3.05, 3.63) is 34.3 Å². The van der Waals surface area contributed by atoms with Gasteiger partial charge in [-0.05, 0) is 31.5 Å². The summed E-state index contributed by atoms with van der Waals surface area (Å²) in [5.74, 6) is -2.14. The Morgan fingerprint density at radius 1 is 1.27 bits per heavy atom. The molecule has 1 aliphatic rings. The number of halogens is 1. The van der Waals surface area contributed by atoms with Gasteiger partial charge in [0.2, 0.25) is 0 Å². The molecule has 1 heterocycles. The summed E-state index contributed by atoms with van der Waals surface area (Å²) < 4.78 is 11.0. The number of rotatable bonds is 3.